The van der Waals surface area contributed by atoms with Gasteiger partial charge in [0.2, 0.25) is 0 Å². The quantitative estimate of drug-likeness (QED) is 0.802. The van der Waals surface area contributed by atoms with E-state index in [9.17, 15) is 13.0 Å². The third-order valence-corrected chi connectivity index (χ3v) is 5.05. The van der Waals surface area contributed by atoms with Crippen molar-refractivity contribution in [2.24, 2.45) is 23.7 Å². The van der Waals surface area contributed by atoms with Gasteiger partial charge in [0.05, 0.1) is 0 Å². The van der Waals surface area contributed by atoms with E-state index in [2.05, 4.69) is 13.8 Å². The van der Waals surface area contributed by atoms with E-state index in [-0.39, 0.29) is 17.8 Å². The molecule has 0 spiro atoms. The normalized spacial score (nSPS) is 24.9. The van der Waals surface area contributed by atoms with Crippen LogP contribution in [0.1, 0.15) is 41.5 Å². The first-order valence-electron chi connectivity index (χ1n) is 6.95. The molecule has 1 aliphatic rings. The molecule has 2 unspecified atom stereocenters. The van der Waals surface area contributed by atoms with Crippen LogP contribution in [0.4, 0.5) is 0 Å². The van der Waals surface area contributed by atoms with Crippen LogP contribution >= 0.6 is 0 Å². The second kappa shape index (κ2) is 5.80. The Morgan fingerprint density at radius 2 is 1.58 bits per heavy atom. The number of rotatable bonds is 4. The summed E-state index contributed by atoms with van der Waals surface area (Å²) in [4.78, 5) is 0. The van der Waals surface area contributed by atoms with Crippen LogP contribution < -0.4 is 0 Å². The monoisotopic (exact) mass is 286 g/mol. The molecule has 0 bridgehead atoms. The molecule has 0 aliphatic heterocycles. The summed E-state index contributed by atoms with van der Waals surface area (Å²) in [5.74, 6) is 0.478. The molecular weight excluding hydrogens is 260 g/mol. The van der Waals surface area contributed by atoms with Crippen LogP contribution in [0.25, 0.3) is 0 Å². The molecule has 0 aromatic heterocycles. The van der Waals surface area contributed by atoms with Gasteiger partial charge in [0.15, 0.2) is 0 Å². The largest absolute Gasteiger partial charge is 0.285 e. The summed E-state index contributed by atoms with van der Waals surface area (Å²) in [5, 5.41) is -0.796. The molecule has 2 atom stereocenters. The van der Waals surface area contributed by atoms with Gasteiger partial charge in [-0.05, 0) is 28.9 Å². The van der Waals surface area contributed by atoms with Crippen molar-refractivity contribution in [1.29, 1.82) is 0 Å². The van der Waals surface area contributed by atoms with Crippen molar-refractivity contribution in [3.8, 4) is 0 Å². The average Bonchev–Trinajstić information content (AvgIpc) is 2.25. The van der Waals surface area contributed by atoms with Crippen LogP contribution in [-0.2, 0) is 10.1 Å². The first-order chi connectivity index (χ1) is 8.55. The molecule has 19 heavy (non-hydrogen) atoms. The minimum absolute atomic E-state index is 0.107. The summed E-state index contributed by atoms with van der Waals surface area (Å²) in [6.45, 7) is 12.2. The lowest BCUT2D eigenvalue weighted by Gasteiger charge is -2.34. The zero-order valence-corrected chi connectivity index (χ0v) is 13.5. The van der Waals surface area contributed by atoms with E-state index < -0.39 is 15.4 Å². The van der Waals surface area contributed by atoms with Crippen molar-refractivity contribution in [3.63, 3.8) is 0 Å². The van der Waals surface area contributed by atoms with Gasteiger partial charge in [-0.1, -0.05) is 53.7 Å². The number of hydrogen-bond donors (Lipinski definition) is 1. The minimum atomic E-state index is -4.08. The van der Waals surface area contributed by atoms with E-state index in [0.717, 1.165) is 5.57 Å². The maximum atomic E-state index is 11.8. The summed E-state index contributed by atoms with van der Waals surface area (Å²) < 4.78 is 33.2. The lowest BCUT2D eigenvalue weighted by molar-refractivity contribution is 0.397. The Morgan fingerprint density at radius 1 is 1.05 bits per heavy atom. The zero-order valence-electron chi connectivity index (χ0n) is 12.7. The molecule has 1 aliphatic carbocycles. The number of allylic oxidation sites excluding steroid dienone is 3. The van der Waals surface area contributed by atoms with Gasteiger partial charge in [0.1, 0.15) is 5.25 Å². The highest BCUT2D eigenvalue weighted by Gasteiger charge is 2.39. The fourth-order valence-corrected chi connectivity index (χ4v) is 4.10. The van der Waals surface area contributed by atoms with E-state index in [0.29, 0.717) is 5.92 Å². The molecule has 0 radical (unpaired) electrons. The van der Waals surface area contributed by atoms with Crippen LogP contribution in [0, 0.1) is 23.7 Å². The van der Waals surface area contributed by atoms with E-state index in [1.165, 1.54) is 5.57 Å². The topological polar surface area (TPSA) is 54.4 Å². The maximum absolute atomic E-state index is 11.8. The van der Waals surface area contributed by atoms with E-state index >= 15 is 0 Å². The van der Waals surface area contributed by atoms with Crippen LogP contribution in [-0.4, -0.2) is 18.2 Å². The van der Waals surface area contributed by atoms with Gasteiger partial charge in [0, 0.05) is 5.92 Å². The lowest BCUT2D eigenvalue weighted by Crippen LogP contribution is -2.37. The fourth-order valence-electron chi connectivity index (χ4n) is 2.62. The standard InChI is InChI=1S/C15H26O3S/c1-9(2)12-7-13(10(3)4)15(19(16,17)18)14(8-12)11(5)6/h7-11,13,15H,1-6H3,(H,16,17,18). The summed E-state index contributed by atoms with van der Waals surface area (Å²) in [7, 11) is -4.08. The Bertz CT molecular complexity index is 482. The molecule has 4 heteroatoms. The van der Waals surface area contributed by atoms with Crippen LogP contribution in [0.15, 0.2) is 23.3 Å². The Balaban J connectivity index is 3.40. The van der Waals surface area contributed by atoms with Crippen molar-refractivity contribution in [1.82, 2.24) is 0 Å². The predicted octanol–water partition coefficient (Wildman–Crippen LogP) is 3.69. The highest BCUT2D eigenvalue weighted by atomic mass is 32.2. The lowest BCUT2D eigenvalue weighted by atomic mass is 9.77. The third-order valence-electron chi connectivity index (χ3n) is 3.82. The summed E-state index contributed by atoms with van der Waals surface area (Å²) in [6.07, 6.45) is 3.99. The van der Waals surface area contributed by atoms with Gasteiger partial charge < -0.3 is 0 Å². The molecule has 110 valence electrons. The first kappa shape index (κ1) is 16.4. The van der Waals surface area contributed by atoms with Crippen LogP contribution in [0.3, 0.4) is 0 Å². The highest BCUT2D eigenvalue weighted by Crippen LogP contribution is 2.38. The SMILES string of the molecule is CC(C)C1=CC(C(C)C)C(S(=O)(=O)O)C(C(C)C)=C1. The molecule has 1 N–H and O–H groups in total. The third kappa shape index (κ3) is 3.69. The molecule has 0 aromatic rings. The average molecular weight is 286 g/mol. The molecule has 0 fully saturated rings. The minimum Gasteiger partial charge on any atom is -0.285 e. The molecule has 0 amide bonds. The van der Waals surface area contributed by atoms with Crippen molar-refractivity contribution in [3.05, 3.63) is 23.3 Å². The Labute approximate surface area is 117 Å². The molecule has 3 nitrogen and oxygen atoms in total. The molecule has 0 heterocycles. The van der Waals surface area contributed by atoms with Crippen molar-refractivity contribution >= 4 is 10.1 Å². The number of hydrogen-bond acceptors (Lipinski definition) is 2. The smallest absolute Gasteiger partial charge is 0.272 e. The van der Waals surface area contributed by atoms with Crippen molar-refractivity contribution < 1.29 is 13.0 Å². The Morgan fingerprint density at radius 3 is 1.89 bits per heavy atom. The van der Waals surface area contributed by atoms with E-state index in [1.807, 2.05) is 39.8 Å². The van der Waals surface area contributed by atoms with Gasteiger partial charge in [-0.3, -0.25) is 4.55 Å². The van der Waals surface area contributed by atoms with Crippen molar-refractivity contribution in [2.45, 2.75) is 46.8 Å². The summed E-state index contributed by atoms with van der Waals surface area (Å²) >= 11 is 0. The molecule has 0 saturated heterocycles. The van der Waals surface area contributed by atoms with Crippen molar-refractivity contribution in [2.75, 3.05) is 0 Å². The second-order valence-electron chi connectivity index (χ2n) is 6.38. The molecule has 0 aromatic carbocycles. The van der Waals surface area contributed by atoms with E-state index in [1.54, 1.807) is 0 Å². The van der Waals surface area contributed by atoms with Crippen LogP contribution in [0.5, 0.6) is 0 Å². The van der Waals surface area contributed by atoms with Gasteiger partial charge in [-0.2, -0.15) is 8.42 Å². The summed E-state index contributed by atoms with van der Waals surface area (Å²) in [6, 6.07) is 0. The zero-order chi connectivity index (χ0) is 15.0. The Hall–Kier alpha value is -0.610. The highest BCUT2D eigenvalue weighted by molar-refractivity contribution is 7.86. The molecule has 0 saturated carbocycles. The Kier molecular flexibility index (Phi) is 5.02. The van der Waals surface area contributed by atoms with Gasteiger partial charge in [-0.15, -0.1) is 0 Å². The van der Waals surface area contributed by atoms with Crippen LogP contribution in [0.2, 0.25) is 0 Å². The van der Waals surface area contributed by atoms with Gasteiger partial charge >= 0.3 is 0 Å². The van der Waals surface area contributed by atoms with Gasteiger partial charge in [-0.25, -0.2) is 0 Å². The summed E-state index contributed by atoms with van der Waals surface area (Å²) in [5.41, 5.74) is 2.00. The fraction of sp³-hybridized carbons (Fsp3) is 0.733. The molecular formula is C15H26O3S. The second-order valence-corrected chi connectivity index (χ2v) is 7.92. The van der Waals surface area contributed by atoms with E-state index in [4.69, 9.17) is 0 Å². The molecule has 1 rings (SSSR count). The maximum Gasteiger partial charge on any atom is 0.272 e. The predicted molar refractivity (Wildman–Crippen MR) is 79.5 cm³/mol. The first-order valence-corrected chi connectivity index (χ1v) is 8.45. The van der Waals surface area contributed by atoms with Gasteiger partial charge in [0.25, 0.3) is 10.1 Å².